The molecule has 90 valence electrons. The Labute approximate surface area is 96.8 Å². The minimum Gasteiger partial charge on any atom is -0.380 e. The summed E-state index contributed by atoms with van der Waals surface area (Å²) in [5.41, 5.74) is 1.09. The van der Waals surface area contributed by atoms with Crippen molar-refractivity contribution in [3.8, 4) is 0 Å². The lowest BCUT2D eigenvalue weighted by Gasteiger charge is -2.16. The van der Waals surface area contributed by atoms with Crippen molar-refractivity contribution < 1.29 is 4.74 Å². The lowest BCUT2D eigenvalue weighted by Crippen LogP contribution is -2.24. The standard InChI is InChI=1S/C11H20N4O/c1-4-16-6-5-15(3)11-13-8-10(7-12-2)9-14-11/h8-9,12H,4-7H2,1-3H3. The van der Waals surface area contributed by atoms with E-state index in [1.165, 1.54) is 0 Å². The molecule has 0 atom stereocenters. The smallest absolute Gasteiger partial charge is 0.225 e. The number of nitrogens with one attached hydrogen (secondary N) is 1. The fourth-order valence-electron chi connectivity index (χ4n) is 1.29. The van der Waals surface area contributed by atoms with Gasteiger partial charge in [0.2, 0.25) is 5.95 Å². The van der Waals surface area contributed by atoms with Crippen LogP contribution in [0.3, 0.4) is 0 Å². The van der Waals surface area contributed by atoms with Gasteiger partial charge in [0.1, 0.15) is 0 Å². The molecule has 0 aliphatic rings. The van der Waals surface area contributed by atoms with Gasteiger partial charge in [-0.05, 0) is 14.0 Å². The van der Waals surface area contributed by atoms with Crippen molar-refractivity contribution in [3.63, 3.8) is 0 Å². The molecule has 0 aromatic carbocycles. The first-order chi connectivity index (χ1) is 7.77. The summed E-state index contributed by atoms with van der Waals surface area (Å²) in [6, 6.07) is 0. The summed E-state index contributed by atoms with van der Waals surface area (Å²) in [7, 11) is 3.87. The van der Waals surface area contributed by atoms with Crippen LogP contribution in [0.2, 0.25) is 0 Å². The van der Waals surface area contributed by atoms with Gasteiger partial charge in [-0.25, -0.2) is 9.97 Å². The highest BCUT2D eigenvalue weighted by atomic mass is 16.5. The Hall–Kier alpha value is -1.20. The van der Waals surface area contributed by atoms with Crippen LogP contribution in [0, 0.1) is 0 Å². The fraction of sp³-hybridized carbons (Fsp3) is 0.636. The van der Waals surface area contributed by atoms with Crippen LogP contribution in [-0.4, -0.2) is 43.8 Å². The third-order valence-corrected chi connectivity index (χ3v) is 2.19. The van der Waals surface area contributed by atoms with E-state index in [2.05, 4.69) is 15.3 Å². The predicted octanol–water partition coefficient (Wildman–Crippen LogP) is 0.669. The van der Waals surface area contributed by atoms with Gasteiger partial charge in [-0.2, -0.15) is 0 Å². The summed E-state index contributed by atoms with van der Waals surface area (Å²) in [5.74, 6) is 0.736. The molecule has 0 spiro atoms. The maximum Gasteiger partial charge on any atom is 0.225 e. The zero-order valence-corrected chi connectivity index (χ0v) is 10.2. The monoisotopic (exact) mass is 224 g/mol. The molecule has 1 rings (SSSR count). The fourth-order valence-corrected chi connectivity index (χ4v) is 1.29. The average Bonchev–Trinajstić information content (AvgIpc) is 2.30. The molecule has 0 fully saturated rings. The second kappa shape index (κ2) is 7.14. The summed E-state index contributed by atoms with van der Waals surface area (Å²) in [5, 5.41) is 3.06. The van der Waals surface area contributed by atoms with Gasteiger partial charge < -0.3 is 15.0 Å². The van der Waals surface area contributed by atoms with E-state index in [9.17, 15) is 0 Å². The van der Waals surface area contributed by atoms with Crippen LogP contribution in [0.25, 0.3) is 0 Å². The molecule has 0 bridgehead atoms. The molecule has 0 unspecified atom stereocenters. The number of anilines is 1. The molecule has 5 heteroatoms. The molecule has 0 aliphatic carbocycles. The van der Waals surface area contributed by atoms with Gasteiger partial charge >= 0.3 is 0 Å². The van der Waals surface area contributed by atoms with Crippen molar-refractivity contribution in [2.45, 2.75) is 13.5 Å². The second-order valence-electron chi connectivity index (χ2n) is 3.54. The van der Waals surface area contributed by atoms with Crippen LogP contribution in [0.15, 0.2) is 12.4 Å². The molecule has 0 saturated heterocycles. The van der Waals surface area contributed by atoms with E-state index in [0.717, 1.165) is 31.2 Å². The Balaban J connectivity index is 2.46. The van der Waals surface area contributed by atoms with Gasteiger partial charge in [0.15, 0.2) is 0 Å². The van der Waals surface area contributed by atoms with E-state index in [0.29, 0.717) is 6.61 Å². The molecule has 1 aromatic rings. The highest BCUT2D eigenvalue weighted by Crippen LogP contribution is 2.04. The van der Waals surface area contributed by atoms with E-state index in [4.69, 9.17) is 4.74 Å². The topological polar surface area (TPSA) is 50.3 Å². The van der Waals surface area contributed by atoms with Crippen LogP contribution in [0.4, 0.5) is 5.95 Å². The van der Waals surface area contributed by atoms with Crippen molar-refractivity contribution in [1.29, 1.82) is 0 Å². The largest absolute Gasteiger partial charge is 0.380 e. The molecule has 0 radical (unpaired) electrons. The van der Waals surface area contributed by atoms with Crippen molar-refractivity contribution in [2.75, 3.05) is 38.8 Å². The number of likely N-dealkylation sites (N-methyl/N-ethyl adjacent to an activating group) is 1. The lowest BCUT2D eigenvalue weighted by atomic mass is 10.3. The third-order valence-electron chi connectivity index (χ3n) is 2.19. The van der Waals surface area contributed by atoms with Gasteiger partial charge in [-0.1, -0.05) is 0 Å². The molecular formula is C11H20N4O. The molecular weight excluding hydrogens is 204 g/mol. The van der Waals surface area contributed by atoms with E-state index in [1.807, 2.05) is 38.3 Å². The Morgan fingerprint density at radius 3 is 2.62 bits per heavy atom. The molecule has 5 nitrogen and oxygen atoms in total. The summed E-state index contributed by atoms with van der Waals surface area (Å²) < 4.78 is 5.28. The molecule has 1 heterocycles. The normalized spacial score (nSPS) is 10.4. The van der Waals surface area contributed by atoms with Crippen molar-refractivity contribution in [1.82, 2.24) is 15.3 Å². The average molecular weight is 224 g/mol. The Kier molecular flexibility index (Phi) is 5.74. The first kappa shape index (κ1) is 12.9. The summed E-state index contributed by atoms with van der Waals surface area (Å²) in [4.78, 5) is 10.6. The molecule has 16 heavy (non-hydrogen) atoms. The number of nitrogens with zero attached hydrogens (tertiary/aromatic N) is 3. The van der Waals surface area contributed by atoms with Gasteiger partial charge in [-0.15, -0.1) is 0 Å². The van der Waals surface area contributed by atoms with Crippen molar-refractivity contribution in [2.24, 2.45) is 0 Å². The number of aromatic nitrogens is 2. The van der Waals surface area contributed by atoms with Crippen LogP contribution >= 0.6 is 0 Å². The number of ether oxygens (including phenoxy) is 1. The quantitative estimate of drug-likeness (QED) is 0.690. The van der Waals surface area contributed by atoms with Crippen molar-refractivity contribution in [3.05, 3.63) is 18.0 Å². The van der Waals surface area contributed by atoms with E-state index >= 15 is 0 Å². The van der Waals surface area contributed by atoms with Crippen LogP contribution < -0.4 is 10.2 Å². The molecule has 0 aliphatic heterocycles. The maximum atomic E-state index is 5.28. The number of hydrogen-bond acceptors (Lipinski definition) is 5. The van der Waals surface area contributed by atoms with Gasteiger partial charge in [-0.3, -0.25) is 0 Å². The molecule has 1 N–H and O–H groups in total. The van der Waals surface area contributed by atoms with Crippen LogP contribution in [0.1, 0.15) is 12.5 Å². The van der Waals surface area contributed by atoms with Crippen LogP contribution in [-0.2, 0) is 11.3 Å². The molecule has 0 saturated carbocycles. The second-order valence-corrected chi connectivity index (χ2v) is 3.54. The van der Waals surface area contributed by atoms with Gasteiger partial charge in [0.25, 0.3) is 0 Å². The zero-order valence-electron chi connectivity index (χ0n) is 10.2. The SMILES string of the molecule is CCOCCN(C)c1ncc(CNC)cn1. The highest BCUT2D eigenvalue weighted by Gasteiger charge is 2.03. The number of hydrogen-bond donors (Lipinski definition) is 1. The minimum absolute atomic E-state index is 0.703. The summed E-state index contributed by atoms with van der Waals surface area (Å²) >= 11 is 0. The van der Waals surface area contributed by atoms with E-state index in [1.54, 1.807) is 0 Å². The first-order valence-electron chi connectivity index (χ1n) is 5.52. The first-order valence-corrected chi connectivity index (χ1v) is 5.52. The Bertz CT molecular complexity index is 289. The summed E-state index contributed by atoms with van der Waals surface area (Å²) in [6.45, 7) is 5.04. The third kappa shape index (κ3) is 4.12. The Morgan fingerprint density at radius 2 is 2.06 bits per heavy atom. The van der Waals surface area contributed by atoms with Gasteiger partial charge in [0, 0.05) is 44.7 Å². The van der Waals surface area contributed by atoms with E-state index in [-0.39, 0.29) is 0 Å². The zero-order chi connectivity index (χ0) is 11.8. The minimum atomic E-state index is 0.703. The number of rotatable bonds is 7. The predicted molar refractivity (Wildman–Crippen MR) is 64.6 cm³/mol. The van der Waals surface area contributed by atoms with Crippen LogP contribution in [0.5, 0.6) is 0 Å². The van der Waals surface area contributed by atoms with E-state index < -0.39 is 0 Å². The van der Waals surface area contributed by atoms with Crippen molar-refractivity contribution >= 4 is 5.95 Å². The summed E-state index contributed by atoms with van der Waals surface area (Å²) in [6.07, 6.45) is 3.69. The molecule has 0 amide bonds. The lowest BCUT2D eigenvalue weighted by molar-refractivity contribution is 0.154. The van der Waals surface area contributed by atoms with Gasteiger partial charge in [0.05, 0.1) is 6.61 Å². The highest BCUT2D eigenvalue weighted by molar-refractivity contribution is 5.28. The molecule has 1 aromatic heterocycles. The Morgan fingerprint density at radius 1 is 1.38 bits per heavy atom. The maximum absolute atomic E-state index is 5.28.